The molecule has 2 N–H and O–H groups in total. The van der Waals surface area contributed by atoms with Crippen molar-refractivity contribution in [2.45, 2.75) is 19.9 Å². The van der Waals surface area contributed by atoms with Gasteiger partial charge in [-0.3, -0.25) is 19.7 Å². The van der Waals surface area contributed by atoms with Crippen LogP contribution >= 0.6 is 12.2 Å². The summed E-state index contributed by atoms with van der Waals surface area (Å²) in [5.74, 6) is -0.621. The van der Waals surface area contributed by atoms with Crippen LogP contribution in [0.5, 0.6) is 0 Å². The van der Waals surface area contributed by atoms with E-state index in [1.807, 2.05) is 0 Å². The second kappa shape index (κ2) is 6.55. The van der Waals surface area contributed by atoms with Gasteiger partial charge in [0.25, 0.3) is 17.9 Å². The fraction of sp³-hybridized carbons (Fsp3) is 0.200. The van der Waals surface area contributed by atoms with Crippen molar-refractivity contribution in [1.82, 2.24) is 19.4 Å². The molecule has 0 unspecified atom stereocenters. The molecule has 0 aliphatic heterocycles. The van der Waals surface area contributed by atoms with E-state index in [1.54, 1.807) is 31.2 Å². The SMILES string of the molecule is Cc1cc(C(F)F)nn1CC(=O)Nn1c(=S)[nH]c2ccccc2c1=O. The molecule has 1 aromatic carbocycles. The third-order valence-corrected chi connectivity index (χ3v) is 3.84. The average molecular weight is 365 g/mol. The third kappa shape index (κ3) is 3.33. The molecule has 10 heteroatoms. The zero-order chi connectivity index (χ0) is 18.1. The van der Waals surface area contributed by atoms with E-state index in [0.29, 0.717) is 16.6 Å². The number of rotatable bonds is 4. The number of amides is 1. The minimum atomic E-state index is -2.72. The maximum Gasteiger partial charge on any atom is 0.282 e. The van der Waals surface area contributed by atoms with Crippen molar-refractivity contribution in [3.8, 4) is 0 Å². The summed E-state index contributed by atoms with van der Waals surface area (Å²) < 4.78 is 27.4. The van der Waals surface area contributed by atoms with E-state index in [9.17, 15) is 18.4 Å². The maximum atomic E-state index is 12.7. The summed E-state index contributed by atoms with van der Waals surface area (Å²) in [6.07, 6.45) is -2.72. The van der Waals surface area contributed by atoms with E-state index in [2.05, 4.69) is 15.5 Å². The lowest BCUT2D eigenvalue weighted by Gasteiger charge is -2.10. The number of aromatic nitrogens is 4. The Labute approximate surface area is 144 Å². The number of para-hydroxylation sites is 1. The smallest absolute Gasteiger partial charge is 0.282 e. The number of halogens is 2. The number of nitrogens with one attached hydrogen (secondary N) is 2. The molecular formula is C15H13F2N5O2S. The quantitative estimate of drug-likeness (QED) is 0.695. The molecule has 0 bridgehead atoms. The van der Waals surface area contributed by atoms with Gasteiger partial charge in [0.05, 0.1) is 10.9 Å². The highest BCUT2D eigenvalue weighted by molar-refractivity contribution is 7.71. The first-order valence-electron chi connectivity index (χ1n) is 7.23. The predicted octanol–water partition coefficient (Wildman–Crippen LogP) is 2.27. The molecular weight excluding hydrogens is 352 g/mol. The van der Waals surface area contributed by atoms with E-state index >= 15 is 0 Å². The minimum Gasteiger partial charge on any atom is -0.330 e. The van der Waals surface area contributed by atoms with Gasteiger partial charge in [-0.25, -0.2) is 8.78 Å². The number of carbonyl (C=O) groups excluding carboxylic acids is 1. The van der Waals surface area contributed by atoms with Gasteiger partial charge in [0, 0.05) is 5.69 Å². The fourth-order valence-electron chi connectivity index (χ4n) is 2.36. The molecule has 3 aromatic rings. The average Bonchev–Trinajstić information content (AvgIpc) is 2.92. The van der Waals surface area contributed by atoms with Gasteiger partial charge in [-0.05, 0) is 37.3 Å². The van der Waals surface area contributed by atoms with Crippen LogP contribution in [0.1, 0.15) is 17.8 Å². The lowest BCUT2D eigenvalue weighted by atomic mass is 10.2. The fourth-order valence-corrected chi connectivity index (χ4v) is 2.60. The van der Waals surface area contributed by atoms with Crippen molar-refractivity contribution in [3.05, 3.63) is 56.8 Å². The number of nitrogens with zero attached hydrogens (tertiary/aromatic N) is 3. The van der Waals surface area contributed by atoms with E-state index in [-0.39, 0.29) is 11.3 Å². The summed E-state index contributed by atoms with van der Waals surface area (Å²) in [6, 6.07) is 7.92. The van der Waals surface area contributed by atoms with Crippen molar-refractivity contribution < 1.29 is 13.6 Å². The van der Waals surface area contributed by atoms with E-state index in [0.717, 1.165) is 9.36 Å². The van der Waals surface area contributed by atoms with Crippen molar-refractivity contribution in [2.24, 2.45) is 0 Å². The van der Waals surface area contributed by atoms with E-state index < -0.39 is 23.6 Å². The van der Waals surface area contributed by atoms with Gasteiger partial charge in [0.15, 0.2) is 4.77 Å². The van der Waals surface area contributed by atoms with E-state index in [4.69, 9.17) is 12.2 Å². The highest BCUT2D eigenvalue weighted by atomic mass is 32.1. The second-order valence-electron chi connectivity index (χ2n) is 5.32. The van der Waals surface area contributed by atoms with Crippen LogP contribution in [0.25, 0.3) is 10.9 Å². The first-order valence-corrected chi connectivity index (χ1v) is 7.64. The zero-order valence-electron chi connectivity index (χ0n) is 13.0. The van der Waals surface area contributed by atoms with Gasteiger partial charge in [0.1, 0.15) is 12.2 Å². The summed E-state index contributed by atoms with van der Waals surface area (Å²) in [5.41, 5.74) is 2.42. The van der Waals surface area contributed by atoms with Gasteiger partial charge in [-0.15, -0.1) is 0 Å². The number of aromatic amines is 1. The van der Waals surface area contributed by atoms with Crippen LogP contribution in [0, 0.1) is 11.7 Å². The monoisotopic (exact) mass is 365 g/mol. The zero-order valence-corrected chi connectivity index (χ0v) is 13.8. The molecule has 0 aliphatic carbocycles. The summed E-state index contributed by atoms with van der Waals surface area (Å²) in [4.78, 5) is 27.5. The largest absolute Gasteiger partial charge is 0.330 e. The Morgan fingerprint density at radius 3 is 2.80 bits per heavy atom. The molecule has 0 spiro atoms. The molecule has 0 atom stereocenters. The Bertz CT molecular complexity index is 1070. The van der Waals surface area contributed by atoms with Gasteiger partial charge in [0.2, 0.25) is 0 Å². The summed E-state index contributed by atoms with van der Waals surface area (Å²) in [6.45, 7) is 1.23. The van der Waals surface area contributed by atoms with Crippen molar-refractivity contribution in [1.29, 1.82) is 0 Å². The Morgan fingerprint density at radius 2 is 2.12 bits per heavy atom. The standard InChI is InChI=1S/C15H13F2N5O2S/c1-8-6-11(13(16)17)19-21(8)7-12(23)20-22-14(24)9-4-2-3-5-10(9)18-15(22)25/h2-6,13H,7H2,1H3,(H,18,25)(H,20,23). The molecule has 0 saturated carbocycles. The Morgan fingerprint density at radius 1 is 1.40 bits per heavy atom. The molecule has 0 aliphatic rings. The number of benzene rings is 1. The Balaban J connectivity index is 1.88. The number of fused-ring (bicyclic) bond motifs is 1. The van der Waals surface area contributed by atoms with Crippen molar-refractivity contribution in [2.75, 3.05) is 5.43 Å². The van der Waals surface area contributed by atoms with Gasteiger partial charge < -0.3 is 4.98 Å². The molecule has 130 valence electrons. The molecule has 0 radical (unpaired) electrons. The lowest BCUT2D eigenvalue weighted by molar-refractivity contribution is -0.117. The normalized spacial score (nSPS) is 11.2. The first-order chi connectivity index (χ1) is 11.9. The van der Waals surface area contributed by atoms with Crippen LogP contribution in [0.3, 0.4) is 0 Å². The maximum absolute atomic E-state index is 12.7. The highest BCUT2D eigenvalue weighted by Gasteiger charge is 2.16. The number of hydrogen-bond acceptors (Lipinski definition) is 4. The van der Waals surface area contributed by atoms with Gasteiger partial charge >= 0.3 is 0 Å². The molecule has 3 rings (SSSR count). The van der Waals surface area contributed by atoms with Crippen LogP contribution in [0.2, 0.25) is 0 Å². The topological polar surface area (TPSA) is 84.7 Å². The molecule has 1 amide bonds. The number of alkyl halides is 2. The van der Waals surface area contributed by atoms with Crippen LogP contribution in [-0.2, 0) is 11.3 Å². The number of aryl methyl sites for hydroxylation is 1. The predicted molar refractivity (Wildman–Crippen MR) is 89.7 cm³/mol. The molecule has 2 aromatic heterocycles. The lowest BCUT2D eigenvalue weighted by Crippen LogP contribution is -2.36. The van der Waals surface area contributed by atoms with Gasteiger partial charge in [-0.1, -0.05) is 12.1 Å². The highest BCUT2D eigenvalue weighted by Crippen LogP contribution is 2.17. The summed E-state index contributed by atoms with van der Waals surface area (Å²) >= 11 is 5.09. The first kappa shape index (κ1) is 17.0. The molecule has 0 fully saturated rings. The number of carbonyl (C=O) groups is 1. The van der Waals surface area contributed by atoms with Crippen LogP contribution < -0.4 is 11.0 Å². The van der Waals surface area contributed by atoms with Gasteiger partial charge in [-0.2, -0.15) is 9.77 Å². The minimum absolute atomic E-state index is 0.0162. The number of H-pyrrole nitrogens is 1. The third-order valence-electron chi connectivity index (χ3n) is 3.56. The molecule has 0 saturated heterocycles. The Hall–Kier alpha value is -2.88. The number of hydrogen-bond donors (Lipinski definition) is 2. The second-order valence-corrected chi connectivity index (χ2v) is 5.71. The van der Waals surface area contributed by atoms with Crippen LogP contribution in [-0.4, -0.2) is 25.3 Å². The van der Waals surface area contributed by atoms with Crippen molar-refractivity contribution >= 4 is 29.0 Å². The summed E-state index contributed by atoms with van der Waals surface area (Å²) in [5, 5.41) is 4.02. The van der Waals surface area contributed by atoms with Crippen LogP contribution in [0.15, 0.2) is 35.1 Å². The Kier molecular flexibility index (Phi) is 4.45. The van der Waals surface area contributed by atoms with Crippen LogP contribution in [0.4, 0.5) is 8.78 Å². The van der Waals surface area contributed by atoms with E-state index in [1.165, 1.54) is 6.07 Å². The summed E-state index contributed by atoms with van der Waals surface area (Å²) in [7, 11) is 0. The van der Waals surface area contributed by atoms with Crippen molar-refractivity contribution in [3.63, 3.8) is 0 Å². The molecule has 25 heavy (non-hydrogen) atoms. The molecule has 2 heterocycles. The molecule has 7 nitrogen and oxygen atoms in total.